The number of carboxylic acid groups (broad SMARTS) is 1. The molecule has 0 saturated heterocycles. The maximum Gasteiger partial charge on any atom is 0.305 e. The third kappa shape index (κ3) is 7.65. The highest BCUT2D eigenvalue weighted by Gasteiger charge is 2.19. The Labute approximate surface area is 182 Å². The van der Waals surface area contributed by atoms with Crippen molar-refractivity contribution in [2.45, 2.75) is 38.1 Å². The zero-order valence-electron chi connectivity index (χ0n) is 17.8. The molecule has 0 saturated carbocycles. The van der Waals surface area contributed by atoms with Crippen LogP contribution in [0.25, 0.3) is 0 Å². The predicted octanol–water partition coefficient (Wildman–Crippen LogP) is 3.04. The lowest BCUT2D eigenvalue weighted by Crippen LogP contribution is -2.30. The molecule has 8 nitrogen and oxygen atoms in total. The minimum Gasteiger partial charge on any atom is -0.493 e. The highest BCUT2D eigenvalue weighted by Crippen LogP contribution is 2.31. The predicted molar refractivity (Wildman–Crippen MR) is 118 cm³/mol. The molecule has 0 aliphatic rings. The number of methoxy groups -OCH3 is 2. The Morgan fingerprint density at radius 2 is 1.81 bits per heavy atom. The maximum absolute atomic E-state index is 12.4. The lowest BCUT2D eigenvalue weighted by molar-refractivity contribution is -0.137. The first-order valence-electron chi connectivity index (χ1n) is 10.0. The number of unbranched alkanes of at least 4 members (excludes halogenated alkanes) is 1. The third-order valence-electron chi connectivity index (χ3n) is 4.85. The van der Waals surface area contributed by atoms with E-state index in [2.05, 4.69) is 10.4 Å². The van der Waals surface area contributed by atoms with Crippen molar-refractivity contribution in [2.75, 3.05) is 14.2 Å². The summed E-state index contributed by atoms with van der Waals surface area (Å²) in [6.45, 7) is 0. The number of amides is 1. The molecule has 0 spiro atoms. The summed E-state index contributed by atoms with van der Waals surface area (Å²) in [6.07, 6.45) is 4.07. The second-order valence-corrected chi connectivity index (χ2v) is 7.06. The van der Waals surface area contributed by atoms with E-state index in [1.165, 1.54) is 19.8 Å². The summed E-state index contributed by atoms with van der Waals surface area (Å²) < 4.78 is 10.5. The van der Waals surface area contributed by atoms with Gasteiger partial charge >= 0.3 is 5.97 Å². The van der Waals surface area contributed by atoms with Crippen LogP contribution in [0.1, 0.15) is 48.4 Å². The summed E-state index contributed by atoms with van der Waals surface area (Å²) in [7, 11) is 3.03. The Kier molecular flexibility index (Phi) is 9.35. The topological polar surface area (TPSA) is 123 Å². The number of nitrogens with two attached hydrogens (primary N) is 1. The number of hydrogen-bond acceptors (Lipinski definition) is 6. The molecular formula is C23H29N3O5. The number of ether oxygens (including phenoxy) is 2. The molecule has 0 aromatic heterocycles. The van der Waals surface area contributed by atoms with E-state index in [0.717, 1.165) is 18.4 Å². The number of carboxylic acids is 1. The van der Waals surface area contributed by atoms with Crippen LogP contribution < -0.4 is 20.6 Å². The number of carbonyl (C=O) groups excluding carboxylic acids is 1. The van der Waals surface area contributed by atoms with Gasteiger partial charge in [-0.25, -0.2) is 0 Å². The molecule has 2 aromatic rings. The van der Waals surface area contributed by atoms with Crippen LogP contribution in [0.15, 0.2) is 47.6 Å². The second kappa shape index (κ2) is 12.2. The van der Waals surface area contributed by atoms with E-state index in [9.17, 15) is 14.7 Å². The molecule has 1 atom stereocenters. The molecule has 0 heterocycles. The number of hydrazone groups is 1. The Balaban J connectivity index is 1.90. The summed E-state index contributed by atoms with van der Waals surface area (Å²) in [5.74, 6) is 4.97. The largest absolute Gasteiger partial charge is 0.493 e. The first-order valence-corrected chi connectivity index (χ1v) is 10.0. The third-order valence-corrected chi connectivity index (χ3v) is 4.85. The van der Waals surface area contributed by atoms with E-state index in [4.69, 9.17) is 15.3 Å². The fraction of sp³-hybridized carbons (Fsp3) is 0.348. The number of benzene rings is 2. The SMILES string of the molecule is COc1ccc(C(CC(=O)O)NC(=O)CCCCc2ccc(C=NN)cc2)cc1OC. The summed E-state index contributed by atoms with van der Waals surface area (Å²) in [5, 5.41) is 15.6. The summed E-state index contributed by atoms with van der Waals surface area (Å²) in [6, 6.07) is 12.4. The van der Waals surface area contributed by atoms with Gasteiger partial charge in [-0.05, 0) is 48.1 Å². The van der Waals surface area contributed by atoms with E-state index in [1.54, 1.807) is 24.4 Å². The van der Waals surface area contributed by atoms with Crippen LogP contribution in [-0.4, -0.2) is 37.4 Å². The van der Waals surface area contributed by atoms with Crippen LogP contribution in [0.2, 0.25) is 0 Å². The van der Waals surface area contributed by atoms with Crippen molar-refractivity contribution >= 4 is 18.1 Å². The van der Waals surface area contributed by atoms with Crippen molar-refractivity contribution in [3.63, 3.8) is 0 Å². The van der Waals surface area contributed by atoms with Gasteiger partial charge in [0.15, 0.2) is 11.5 Å². The van der Waals surface area contributed by atoms with Crippen molar-refractivity contribution in [1.29, 1.82) is 0 Å². The van der Waals surface area contributed by atoms with Crippen LogP contribution in [0.5, 0.6) is 11.5 Å². The van der Waals surface area contributed by atoms with Crippen molar-refractivity contribution < 1.29 is 24.2 Å². The van der Waals surface area contributed by atoms with Gasteiger partial charge in [0, 0.05) is 6.42 Å². The Bertz CT molecular complexity index is 897. The normalized spacial score (nSPS) is 11.8. The fourth-order valence-electron chi connectivity index (χ4n) is 3.23. The number of hydrogen-bond donors (Lipinski definition) is 3. The molecule has 1 amide bonds. The average Bonchev–Trinajstić information content (AvgIpc) is 2.76. The molecule has 0 fully saturated rings. The summed E-state index contributed by atoms with van der Waals surface area (Å²) in [4.78, 5) is 23.7. The van der Waals surface area contributed by atoms with Crippen LogP contribution in [0.3, 0.4) is 0 Å². The lowest BCUT2D eigenvalue weighted by atomic mass is 10.0. The number of aliphatic carboxylic acids is 1. The molecule has 2 rings (SSSR count). The molecule has 166 valence electrons. The number of rotatable bonds is 12. The average molecular weight is 428 g/mol. The standard InChI is InChI=1S/C23H29N3O5/c1-30-20-12-11-18(13-21(20)31-2)19(14-23(28)29)26-22(27)6-4-3-5-16-7-9-17(10-8-16)15-25-24/h7-13,15,19H,3-6,14,24H2,1-2H3,(H,26,27)(H,28,29). The molecule has 1 unspecified atom stereocenters. The van der Waals surface area contributed by atoms with Crippen molar-refractivity contribution in [3.8, 4) is 11.5 Å². The monoisotopic (exact) mass is 427 g/mol. The maximum atomic E-state index is 12.4. The first-order chi connectivity index (χ1) is 15.0. The molecular weight excluding hydrogens is 398 g/mol. The molecule has 0 aliphatic carbocycles. The molecule has 0 aliphatic heterocycles. The zero-order valence-corrected chi connectivity index (χ0v) is 17.8. The van der Waals surface area contributed by atoms with Gasteiger partial charge in [0.2, 0.25) is 5.91 Å². The molecule has 2 aromatic carbocycles. The number of nitrogens with one attached hydrogen (secondary N) is 1. The van der Waals surface area contributed by atoms with Crippen molar-refractivity contribution in [3.05, 3.63) is 59.2 Å². The molecule has 0 radical (unpaired) electrons. The Hall–Kier alpha value is -3.55. The highest BCUT2D eigenvalue weighted by molar-refractivity contribution is 5.79. The molecule has 8 heteroatoms. The van der Waals surface area contributed by atoms with Crippen LogP contribution in [0.4, 0.5) is 0 Å². The lowest BCUT2D eigenvalue weighted by Gasteiger charge is -2.19. The van der Waals surface area contributed by atoms with E-state index in [-0.39, 0.29) is 12.3 Å². The summed E-state index contributed by atoms with van der Waals surface area (Å²) >= 11 is 0. The second-order valence-electron chi connectivity index (χ2n) is 7.06. The number of nitrogens with zero attached hydrogens (tertiary/aromatic N) is 1. The number of aryl methyl sites for hydroxylation is 1. The van der Waals surface area contributed by atoms with Crippen LogP contribution in [0, 0.1) is 0 Å². The van der Waals surface area contributed by atoms with E-state index in [0.29, 0.717) is 29.9 Å². The fourth-order valence-corrected chi connectivity index (χ4v) is 3.23. The Morgan fingerprint density at radius 3 is 2.42 bits per heavy atom. The minimum absolute atomic E-state index is 0.185. The molecule has 31 heavy (non-hydrogen) atoms. The van der Waals surface area contributed by atoms with Gasteiger partial charge in [0.25, 0.3) is 0 Å². The van der Waals surface area contributed by atoms with Gasteiger partial charge in [-0.15, -0.1) is 0 Å². The van der Waals surface area contributed by atoms with Crippen molar-refractivity contribution in [1.82, 2.24) is 5.32 Å². The number of carbonyl (C=O) groups is 2. The van der Waals surface area contributed by atoms with E-state index < -0.39 is 12.0 Å². The van der Waals surface area contributed by atoms with Gasteiger partial charge in [0.05, 0.1) is 32.9 Å². The van der Waals surface area contributed by atoms with Crippen molar-refractivity contribution in [2.24, 2.45) is 10.9 Å². The van der Waals surface area contributed by atoms with Gasteiger partial charge in [0.1, 0.15) is 0 Å². The smallest absolute Gasteiger partial charge is 0.305 e. The molecule has 0 bridgehead atoms. The minimum atomic E-state index is -0.997. The van der Waals surface area contributed by atoms with Crippen LogP contribution in [-0.2, 0) is 16.0 Å². The summed E-state index contributed by atoms with van der Waals surface area (Å²) in [5.41, 5.74) is 2.75. The van der Waals surface area contributed by atoms with Gasteiger partial charge in [-0.3, -0.25) is 9.59 Å². The first kappa shape index (κ1) is 23.7. The van der Waals surface area contributed by atoms with E-state index in [1.807, 2.05) is 24.3 Å². The van der Waals surface area contributed by atoms with Gasteiger partial charge < -0.3 is 25.7 Å². The van der Waals surface area contributed by atoms with Crippen LogP contribution >= 0.6 is 0 Å². The zero-order chi connectivity index (χ0) is 22.6. The van der Waals surface area contributed by atoms with Gasteiger partial charge in [-0.2, -0.15) is 5.10 Å². The molecule has 4 N–H and O–H groups in total. The highest BCUT2D eigenvalue weighted by atomic mass is 16.5. The quantitative estimate of drug-likeness (QED) is 0.207. The van der Waals surface area contributed by atoms with Gasteiger partial charge in [-0.1, -0.05) is 30.3 Å². The Morgan fingerprint density at radius 1 is 1.10 bits per heavy atom. The van der Waals surface area contributed by atoms with E-state index >= 15 is 0 Å².